The molecule has 0 saturated heterocycles. The molecule has 0 amide bonds. The minimum Gasteiger partial charge on any atom is -0.508 e. The standard InChI is InChI=1S/C22H16O3/c23-17-11-9-13-5-1-3-7-15(13)19(17)21-20-16-8-4-2-6-14(16)10-12-18(20)25-22(21)24/h1-12,21-24H. The molecule has 1 aliphatic rings. The molecule has 0 aromatic heterocycles. The molecular weight excluding hydrogens is 312 g/mol. The van der Waals surface area contributed by atoms with Gasteiger partial charge in [-0.05, 0) is 33.7 Å². The summed E-state index contributed by atoms with van der Waals surface area (Å²) in [6.45, 7) is 0. The van der Waals surface area contributed by atoms with Crippen molar-refractivity contribution in [3.8, 4) is 11.5 Å². The van der Waals surface area contributed by atoms with Crippen LogP contribution in [0.2, 0.25) is 0 Å². The summed E-state index contributed by atoms with van der Waals surface area (Å²) >= 11 is 0. The maximum Gasteiger partial charge on any atom is 0.208 e. The Hall–Kier alpha value is -3.04. The molecule has 1 aliphatic heterocycles. The van der Waals surface area contributed by atoms with E-state index in [1.54, 1.807) is 6.07 Å². The smallest absolute Gasteiger partial charge is 0.208 e. The molecule has 0 radical (unpaired) electrons. The molecule has 5 rings (SSSR count). The van der Waals surface area contributed by atoms with Crippen molar-refractivity contribution in [1.29, 1.82) is 0 Å². The molecule has 4 aromatic carbocycles. The van der Waals surface area contributed by atoms with Crippen LogP contribution >= 0.6 is 0 Å². The minimum atomic E-state index is -1.03. The lowest BCUT2D eigenvalue weighted by Crippen LogP contribution is -2.19. The van der Waals surface area contributed by atoms with Crippen molar-refractivity contribution in [3.63, 3.8) is 0 Å². The number of fused-ring (bicyclic) bond motifs is 4. The highest BCUT2D eigenvalue weighted by molar-refractivity contribution is 5.93. The van der Waals surface area contributed by atoms with E-state index in [1.807, 2.05) is 66.7 Å². The first-order valence-electron chi connectivity index (χ1n) is 8.31. The van der Waals surface area contributed by atoms with Crippen molar-refractivity contribution in [2.75, 3.05) is 0 Å². The lowest BCUT2D eigenvalue weighted by Gasteiger charge is -2.19. The Labute approximate surface area is 144 Å². The maximum atomic E-state index is 10.7. The van der Waals surface area contributed by atoms with E-state index in [1.165, 1.54) is 0 Å². The minimum absolute atomic E-state index is 0.173. The van der Waals surface area contributed by atoms with E-state index in [4.69, 9.17) is 4.74 Å². The molecule has 2 atom stereocenters. The Bertz CT molecular complexity index is 1120. The Morgan fingerprint density at radius 2 is 1.28 bits per heavy atom. The third-order valence-corrected chi connectivity index (χ3v) is 5.03. The van der Waals surface area contributed by atoms with Crippen LogP contribution in [0.5, 0.6) is 11.5 Å². The highest BCUT2D eigenvalue weighted by Gasteiger charge is 2.38. The van der Waals surface area contributed by atoms with Crippen LogP contribution in [0, 0.1) is 0 Å². The number of aliphatic hydroxyl groups excluding tert-OH is 1. The molecule has 25 heavy (non-hydrogen) atoms. The number of benzene rings is 4. The third kappa shape index (κ3) is 2.03. The van der Waals surface area contributed by atoms with Gasteiger partial charge in [0.15, 0.2) is 0 Å². The van der Waals surface area contributed by atoms with E-state index in [0.717, 1.165) is 27.1 Å². The average Bonchev–Trinajstić information content (AvgIpc) is 2.98. The monoisotopic (exact) mass is 328 g/mol. The molecule has 0 aliphatic carbocycles. The number of aromatic hydroxyl groups is 1. The van der Waals surface area contributed by atoms with Gasteiger partial charge >= 0.3 is 0 Å². The van der Waals surface area contributed by atoms with Gasteiger partial charge in [0.25, 0.3) is 0 Å². The zero-order valence-corrected chi connectivity index (χ0v) is 13.4. The van der Waals surface area contributed by atoms with Crippen molar-refractivity contribution < 1.29 is 14.9 Å². The van der Waals surface area contributed by atoms with E-state index in [9.17, 15) is 10.2 Å². The lowest BCUT2D eigenvalue weighted by atomic mass is 9.85. The van der Waals surface area contributed by atoms with Crippen LogP contribution < -0.4 is 4.74 Å². The van der Waals surface area contributed by atoms with Gasteiger partial charge in [0, 0.05) is 11.1 Å². The second kappa shape index (κ2) is 5.23. The Morgan fingerprint density at radius 1 is 0.680 bits per heavy atom. The third-order valence-electron chi connectivity index (χ3n) is 5.03. The molecule has 0 saturated carbocycles. The van der Waals surface area contributed by atoms with Crippen LogP contribution in [-0.4, -0.2) is 16.5 Å². The van der Waals surface area contributed by atoms with Crippen LogP contribution in [-0.2, 0) is 0 Å². The fraction of sp³-hybridized carbons (Fsp3) is 0.0909. The van der Waals surface area contributed by atoms with E-state index in [2.05, 4.69) is 0 Å². The summed E-state index contributed by atoms with van der Waals surface area (Å²) in [5.74, 6) is 0.405. The predicted octanol–water partition coefficient (Wildman–Crippen LogP) is 4.54. The summed E-state index contributed by atoms with van der Waals surface area (Å²) in [7, 11) is 0. The van der Waals surface area contributed by atoms with Crippen LogP contribution in [0.25, 0.3) is 21.5 Å². The van der Waals surface area contributed by atoms with Crippen molar-refractivity contribution in [2.45, 2.75) is 12.2 Å². The summed E-state index contributed by atoms with van der Waals surface area (Å²) in [4.78, 5) is 0. The summed E-state index contributed by atoms with van der Waals surface area (Å²) in [6, 6.07) is 23.4. The van der Waals surface area contributed by atoms with Crippen molar-refractivity contribution in [3.05, 3.63) is 83.9 Å². The van der Waals surface area contributed by atoms with Gasteiger partial charge in [-0.2, -0.15) is 0 Å². The van der Waals surface area contributed by atoms with E-state index in [0.29, 0.717) is 11.3 Å². The molecule has 4 aromatic rings. The topological polar surface area (TPSA) is 49.7 Å². The fourth-order valence-electron chi connectivity index (χ4n) is 3.94. The van der Waals surface area contributed by atoms with E-state index < -0.39 is 12.2 Å². The molecule has 2 N–H and O–H groups in total. The SMILES string of the molecule is Oc1ccc2ccccc2c1C1c2c(ccc3ccccc23)OC1O. The first kappa shape index (κ1) is 14.3. The van der Waals surface area contributed by atoms with Crippen molar-refractivity contribution in [1.82, 2.24) is 0 Å². The quantitative estimate of drug-likeness (QED) is 0.539. The number of phenolic OH excluding ortho intramolecular Hbond substituents is 1. The second-order valence-electron chi connectivity index (χ2n) is 6.40. The van der Waals surface area contributed by atoms with Gasteiger partial charge in [-0.1, -0.05) is 60.7 Å². The molecule has 0 spiro atoms. The number of phenols is 1. The highest BCUT2D eigenvalue weighted by atomic mass is 16.6. The van der Waals surface area contributed by atoms with Gasteiger partial charge in [-0.25, -0.2) is 0 Å². The molecule has 0 fully saturated rings. The lowest BCUT2D eigenvalue weighted by molar-refractivity contribution is -0.00974. The molecular formula is C22H16O3. The number of ether oxygens (including phenoxy) is 1. The highest BCUT2D eigenvalue weighted by Crippen LogP contribution is 2.49. The van der Waals surface area contributed by atoms with Crippen LogP contribution in [0.1, 0.15) is 17.0 Å². The second-order valence-corrected chi connectivity index (χ2v) is 6.40. The van der Waals surface area contributed by atoms with Crippen LogP contribution in [0.3, 0.4) is 0 Å². The summed E-state index contributed by atoms with van der Waals surface area (Å²) in [6.07, 6.45) is -1.03. The van der Waals surface area contributed by atoms with Crippen LogP contribution in [0.4, 0.5) is 0 Å². The summed E-state index contributed by atoms with van der Waals surface area (Å²) in [5, 5.41) is 25.4. The Balaban J connectivity index is 1.86. The molecule has 122 valence electrons. The van der Waals surface area contributed by atoms with Gasteiger partial charge in [-0.3, -0.25) is 0 Å². The van der Waals surface area contributed by atoms with Crippen molar-refractivity contribution >= 4 is 21.5 Å². The van der Waals surface area contributed by atoms with Gasteiger partial charge in [-0.15, -0.1) is 0 Å². The zero-order chi connectivity index (χ0) is 17.0. The maximum absolute atomic E-state index is 10.7. The van der Waals surface area contributed by atoms with Gasteiger partial charge < -0.3 is 14.9 Å². The van der Waals surface area contributed by atoms with Gasteiger partial charge in [0.1, 0.15) is 11.5 Å². The first-order valence-corrected chi connectivity index (χ1v) is 8.31. The fourth-order valence-corrected chi connectivity index (χ4v) is 3.94. The zero-order valence-electron chi connectivity index (χ0n) is 13.4. The predicted molar refractivity (Wildman–Crippen MR) is 98.0 cm³/mol. The normalized spacial score (nSPS) is 19.1. The summed E-state index contributed by atoms with van der Waals surface area (Å²) < 4.78 is 5.73. The van der Waals surface area contributed by atoms with Crippen LogP contribution in [0.15, 0.2) is 72.8 Å². The first-order chi connectivity index (χ1) is 12.2. The van der Waals surface area contributed by atoms with Gasteiger partial charge in [0.05, 0.1) is 5.92 Å². The number of hydrogen-bond donors (Lipinski definition) is 2. The molecule has 3 nitrogen and oxygen atoms in total. The Morgan fingerprint density at radius 3 is 2.00 bits per heavy atom. The largest absolute Gasteiger partial charge is 0.508 e. The summed E-state index contributed by atoms with van der Waals surface area (Å²) in [5.41, 5.74) is 1.64. The molecule has 2 unspecified atom stereocenters. The molecule has 1 heterocycles. The van der Waals surface area contributed by atoms with E-state index >= 15 is 0 Å². The van der Waals surface area contributed by atoms with E-state index in [-0.39, 0.29) is 5.75 Å². The molecule has 3 heteroatoms. The number of aliphatic hydroxyl groups is 1. The van der Waals surface area contributed by atoms with Gasteiger partial charge in [0.2, 0.25) is 6.29 Å². The number of hydrogen-bond acceptors (Lipinski definition) is 3. The number of rotatable bonds is 1. The molecule has 0 bridgehead atoms. The average molecular weight is 328 g/mol. The van der Waals surface area contributed by atoms with Crippen molar-refractivity contribution in [2.24, 2.45) is 0 Å². The Kier molecular flexibility index (Phi) is 2.99.